The van der Waals surface area contributed by atoms with Crippen molar-refractivity contribution in [2.75, 3.05) is 6.54 Å². The molecule has 0 amide bonds. The van der Waals surface area contributed by atoms with Gasteiger partial charge in [-0.05, 0) is 86.2 Å². The Morgan fingerprint density at radius 3 is 2.28 bits per heavy atom. The van der Waals surface area contributed by atoms with Gasteiger partial charge in [0.2, 0.25) is 0 Å². The van der Waals surface area contributed by atoms with Crippen molar-refractivity contribution < 1.29 is 9.90 Å². The van der Waals surface area contributed by atoms with Gasteiger partial charge in [-0.15, -0.1) is 0 Å². The van der Waals surface area contributed by atoms with E-state index in [2.05, 4.69) is 54.0 Å². The van der Waals surface area contributed by atoms with E-state index >= 15 is 0 Å². The molecule has 4 nitrogen and oxygen atoms in total. The fraction of sp³-hybridized carbons (Fsp3) is 0.464. The monoisotopic (exact) mass is 432 g/mol. The first-order chi connectivity index (χ1) is 15.6. The van der Waals surface area contributed by atoms with Crippen LogP contribution >= 0.6 is 0 Å². The maximum absolute atomic E-state index is 11.0. The molecule has 2 aliphatic carbocycles. The zero-order valence-corrected chi connectivity index (χ0v) is 19.1. The van der Waals surface area contributed by atoms with Gasteiger partial charge in [0.1, 0.15) is 0 Å². The normalized spacial score (nSPS) is 22.5. The van der Waals surface area contributed by atoms with Crippen LogP contribution in [-0.4, -0.2) is 29.2 Å². The summed E-state index contributed by atoms with van der Waals surface area (Å²) in [5.74, 6) is -0.121. The first-order valence-corrected chi connectivity index (χ1v) is 12.2. The van der Waals surface area contributed by atoms with Crippen LogP contribution in [-0.2, 0) is 6.54 Å². The van der Waals surface area contributed by atoms with Crippen molar-refractivity contribution >= 4 is 11.5 Å². The molecule has 2 aromatic rings. The highest BCUT2D eigenvalue weighted by Gasteiger charge is 2.46. The SMILES string of the molecule is CCC=C(c1ccccc1)C1(NCC2CCC(NCc3ccc(C(=O)O)cc3)CC2)CC1. The largest absolute Gasteiger partial charge is 0.478 e. The van der Waals surface area contributed by atoms with Crippen LogP contribution < -0.4 is 10.6 Å². The van der Waals surface area contributed by atoms with Gasteiger partial charge in [0.25, 0.3) is 0 Å². The summed E-state index contributed by atoms with van der Waals surface area (Å²) in [5, 5.41) is 16.7. The van der Waals surface area contributed by atoms with Gasteiger partial charge >= 0.3 is 5.97 Å². The minimum Gasteiger partial charge on any atom is -0.478 e. The maximum Gasteiger partial charge on any atom is 0.335 e. The molecule has 0 heterocycles. The van der Waals surface area contributed by atoms with Gasteiger partial charge in [-0.1, -0.05) is 55.5 Å². The predicted molar refractivity (Wildman–Crippen MR) is 131 cm³/mol. The lowest BCUT2D eigenvalue weighted by Crippen LogP contribution is -2.39. The van der Waals surface area contributed by atoms with E-state index in [4.69, 9.17) is 5.11 Å². The number of hydrogen-bond acceptors (Lipinski definition) is 3. The molecule has 2 saturated carbocycles. The summed E-state index contributed by atoms with van der Waals surface area (Å²) < 4.78 is 0. The van der Waals surface area contributed by atoms with Crippen molar-refractivity contribution in [3.05, 3.63) is 77.4 Å². The van der Waals surface area contributed by atoms with Crippen LogP contribution in [0.25, 0.3) is 5.57 Å². The summed E-state index contributed by atoms with van der Waals surface area (Å²) >= 11 is 0. The van der Waals surface area contributed by atoms with Gasteiger partial charge in [-0.2, -0.15) is 0 Å². The molecule has 0 unspecified atom stereocenters. The average molecular weight is 433 g/mol. The Hall–Kier alpha value is -2.43. The Labute approximate surface area is 192 Å². The Bertz CT molecular complexity index is 908. The highest BCUT2D eigenvalue weighted by atomic mass is 16.4. The number of hydrogen-bond donors (Lipinski definition) is 3. The second kappa shape index (κ2) is 10.5. The van der Waals surface area contributed by atoms with E-state index in [1.165, 1.54) is 49.7 Å². The molecule has 0 radical (unpaired) electrons. The van der Waals surface area contributed by atoms with Crippen LogP contribution in [0.15, 0.2) is 60.7 Å². The third kappa shape index (κ3) is 5.67. The van der Waals surface area contributed by atoms with Crippen LogP contribution in [0.1, 0.15) is 73.4 Å². The minimum absolute atomic E-state index is 0.189. The molecular formula is C28H36N2O2. The highest BCUT2D eigenvalue weighted by Crippen LogP contribution is 2.47. The number of rotatable bonds is 10. The van der Waals surface area contributed by atoms with E-state index in [-0.39, 0.29) is 5.54 Å². The summed E-state index contributed by atoms with van der Waals surface area (Å²) in [6.45, 7) is 4.14. The van der Waals surface area contributed by atoms with Crippen molar-refractivity contribution in [2.24, 2.45) is 5.92 Å². The van der Waals surface area contributed by atoms with Crippen molar-refractivity contribution in [1.82, 2.24) is 10.6 Å². The fourth-order valence-corrected chi connectivity index (χ4v) is 5.02. The molecule has 0 aromatic heterocycles. The molecule has 0 spiro atoms. The highest BCUT2D eigenvalue weighted by molar-refractivity contribution is 5.87. The second-order valence-corrected chi connectivity index (χ2v) is 9.46. The van der Waals surface area contributed by atoms with Crippen LogP contribution in [0, 0.1) is 5.92 Å². The quantitative estimate of drug-likeness (QED) is 0.454. The molecule has 4 rings (SSSR count). The summed E-state index contributed by atoms with van der Waals surface area (Å²) in [7, 11) is 0. The van der Waals surface area contributed by atoms with Crippen LogP contribution in [0.4, 0.5) is 0 Å². The third-order valence-electron chi connectivity index (χ3n) is 7.13. The lowest BCUT2D eigenvalue weighted by Gasteiger charge is -2.31. The maximum atomic E-state index is 11.0. The number of nitrogens with one attached hydrogen (secondary N) is 2. The number of carboxylic acid groups (broad SMARTS) is 1. The van der Waals surface area contributed by atoms with E-state index in [9.17, 15) is 4.79 Å². The lowest BCUT2D eigenvalue weighted by molar-refractivity contribution is 0.0697. The Morgan fingerprint density at radius 2 is 1.69 bits per heavy atom. The van der Waals surface area contributed by atoms with Crippen molar-refractivity contribution in [1.29, 1.82) is 0 Å². The molecule has 32 heavy (non-hydrogen) atoms. The van der Waals surface area contributed by atoms with Crippen LogP contribution in [0.5, 0.6) is 0 Å². The first-order valence-electron chi connectivity index (χ1n) is 12.2. The van der Waals surface area contributed by atoms with E-state index < -0.39 is 5.97 Å². The number of allylic oxidation sites excluding steroid dienone is 1. The van der Waals surface area contributed by atoms with Gasteiger partial charge in [-0.3, -0.25) is 0 Å². The molecule has 0 bridgehead atoms. The Morgan fingerprint density at radius 1 is 1.00 bits per heavy atom. The minimum atomic E-state index is -0.870. The molecule has 2 aliphatic rings. The molecule has 0 atom stereocenters. The van der Waals surface area contributed by atoms with Crippen molar-refractivity contribution in [2.45, 2.75) is 70.0 Å². The second-order valence-electron chi connectivity index (χ2n) is 9.46. The summed E-state index contributed by atoms with van der Waals surface area (Å²) in [5.41, 5.74) is 4.53. The standard InChI is InChI=1S/C28H36N2O2/c1-2-6-26(23-7-4-3-5-8-23)28(17-18-28)30-20-22-11-15-25(16-12-22)29-19-21-9-13-24(14-10-21)27(31)32/h3-10,13-14,22,25,29-30H,2,11-12,15-20H2,1H3,(H,31,32). The van der Waals surface area contributed by atoms with Crippen LogP contribution in [0.3, 0.4) is 0 Å². The van der Waals surface area contributed by atoms with E-state index in [1.807, 2.05) is 12.1 Å². The fourth-order valence-electron chi connectivity index (χ4n) is 5.02. The van der Waals surface area contributed by atoms with E-state index in [0.29, 0.717) is 11.6 Å². The topological polar surface area (TPSA) is 61.4 Å². The predicted octanol–water partition coefficient (Wildman–Crippen LogP) is 5.65. The van der Waals surface area contributed by atoms with E-state index in [1.54, 1.807) is 12.1 Å². The molecule has 2 fully saturated rings. The van der Waals surface area contributed by atoms with Gasteiger partial charge in [0, 0.05) is 18.1 Å². The molecule has 0 saturated heterocycles. The summed E-state index contributed by atoms with van der Waals surface area (Å²) in [6.07, 6.45) is 10.9. The average Bonchev–Trinajstić information content (AvgIpc) is 3.62. The molecule has 2 aromatic carbocycles. The van der Waals surface area contributed by atoms with Gasteiger partial charge in [-0.25, -0.2) is 4.79 Å². The Balaban J connectivity index is 1.23. The third-order valence-corrected chi connectivity index (χ3v) is 7.13. The number of benzene rings is 2. The van der Waals surface area contributed by atoms with Gasteiger partial charge in [0.15, 0.2) is 0 Å². The van der Waals surface area contributed by atoms with Gasteiger partial charge in [0.05, 0.1) is 5.56 Å². The van der Waals surface area contributed by atoms with Crippen molar-refractivity contribution in [3.8, 4) is 0 Å². The zero-order chi connectivity index (χ0) is 22.4. The Kier molecular flexibility index (Phi) is 7.44. The molecular weight excluding hydrogens is 396 g/mol. The molecule has 4 heteroatoms. The first kappa shape index (κ1) is 22.8. The lowest BCUT2D eigenvalue weighted by atomic mass is 9.85. The zero-order valence-electron chi connectivity index (χ0n) is 19.1. The van der Waals surface area contributed by atoms with Gasteiger partial charge < -0.3 is 15.7 Å². The smallest absolute Gasteiger partial charge is 0.335 e. The number of aromatic carboxylic acids is 1. The summed E-state index contributed by atoms with van der Waals surface area (Å²) in [6, 6.07) is 18.6. The summed E-state index contributed by atoms with van der Waals surface area (Å²) in [4.78, 5) is 11.0. The van der Waals surface area contributed by atoms with Crippen molar-refractivity contribution in [3.63, 3.8) is 0 Å². The molecule has 0 aliphatic heterocycles. The number of carbonyl (C=O) groups is 1. The molecule has 3 N–H and O–H groups in total. The van der Waals surface area contributed by atoms with Crippen LogP contribution in [0.2, 0.25) is 0 Å². The van der Waals surface area contributed by atoms with E-state index in [0.717, 1.165) is 31.0 Å². The number of carboxylic acids is 1. The molecule has 170 valence electrons.